The minimum absolute atomic E-state index is 0.0201. The molecule has 0 saturated heterocycles. The van der Waals surface area contributed by atoms with E-state index in [9.17, 15) is 13.6 Å². The molecule has 26 heavy (non-hydrogen) atoms. The SMILES string of the molecule is Cc1onc(C(=O)Nc2ccc(F)cc2F)c1COc1ccccc1Cl. The number of carbonyl (C=O) groups is 1. The van der Waals surface area contributed by atoms with Gasteiger partial charge in [-0.3, -0.25) is 4.79 Å². The molecule has 134 valence electrons. The van der Waals surface area contributed by atoms with E-state index >= 15 is 0 Å². The van der Waals surface area contributed by atoms with Gasteiger partial charge in [-0.05, 0) is 31.2 Å². The highest BCUT2D eigenvalue weighted by molar-refractivity contribution is 6.32. The van der Waals surface area contributed by atoms with Crippen LogP contribution in [0.15, 0.2) is 47.0 Å². The summed E-state index contributed by atoms with van der Waals surface area (Å²) < 4.78 is 37.3. The zero-order valence-corrected chi connectivity index (χ0v) is 14.3. The van der Waals surface area contributed by atoms with Crippen LogP contribution in [0.25, 0.3) is 0 Å². The molecule has 1 N–H and O–H groups in total. The average molecular weight is 379 g/mol. The fourth-order valence-corrected chi connectivity index (χ4v) is 2.41. The molecule has 0 saturated carbocycles. The van der Waals surface area contributed by atoms with Gasteiger partial charge in [-0.2, -0.15) is 0 Å². The molecule has 1 heterocycles. The molecule has 8 heteroatoms. The van der Waals surface area contributed by atoms with Crippen molar-refractivity contribution >= 4 is 23.2 Å². The van der Waals surface area contributed by atoms with Crippen LogP contribution in [-0.2, 0) is 6.61 Å². The van der Waals surface area contributed by atoms with Crippen molar-refractivity contribution in [2.24, 2.45) is 0 Å². The fourth-order valence-electron chi connectivity index (χ4n) is 2.22. The quantitative estimate of drug-likeness (QED) is 0.696. The first-order chi connectivity index (χ1) is 12.5. The molecule has 0 aliphatic heterocycles. The average Bonchev–Trinajstić information content (AvgIpc) is 2.97. The van der Waals surface area contributed by atoms with Gasteiger partial charge in [0.25, 0.3) is 5.91 Å². The highest BCUT2D eigenvalue weighted by atomic mass is 35.5. The molecule has 0 bridgehead atoms. The second-order valence-electron chi connectivity index (χ2n) is 5.36. The number of halogens is 3. The van der Waals surface area contributed by atoms with Crippen LogP contribution in [0.3, 0.4) is 0 Å². The Bertz CT molecular complexity index is 959. The van der Waals surface area contributed by atoms with E-state index in [-0.39, 0.29) is 18.0 Å². The molecule has 5 nitrogen and oxygen atoms in total. The van der Waals surface area contributed by atoms with E-state index in [0.29, 0.717) is 28.2 Å². The van der Waals surface area contributed by atoms with Crippen molar-refractivity contribution in [3.05, 3.63) is 76.1 Å². The Morgan fingerprint density at radius 2 is 2.04 bits per heavy atom. The lowest BCUT2D eigenvalue weighted by Crippen LogP contribution is -2.16. The second-order valence-corrected chi connectivity index (χ2v) is 5.77. The van der Waals surface area contributed by atoms with Crippen LogP contribution in [0.1, 0.15) is 21.8 Å². The maximum atomic E-state index is 13.7. The molecule has 3 rings (SSSR count). The Kier molecular flexibility index (Phi) is 5.18. The molecular formula is C18H13ClF2N2O3. The lowest BCUT2D eigenvalue weighted by atomic mass is 10.2. The molecule has 2 aromatic carbocycles. The topological polar surface area (TPSA) is 64.4 Å². The van der Waals surface area contributed by atoms with Crippen LogP contribution in [0.5, 0.6) is 5.75 Å². The summed E-state index contributed by atoms with van der Waals surface area (Å²) in [5.41, 5.74) is 0.165. The molecule has 1 aromatic heterocycles. The summed E-state index contributed by atoms with van der Waals surface area (Å²) in [4.78, 5) is 12.4. The van der Waals surface area contributed by atoms with Crippen molar-refractivity contribution in [1.82, 2.24) is 5.16 Å². The molecule has 0 radical (unpaired) electrons. The number of aryl methyl sites for hydroxylation is 1. The van der Waals surface area contributed by atoms with Gasteiger partial charge in [-0.25, -0.2) is 8.78 Å². The van der Waals surface area contributed by atoms with Gasteiger partial charge in [0.1, 0.15) is 29.8 Å². The summed E-state index contributed by atoms with van der Waals surface area (Å²) in [6.45, 7) is 1.60. The van der Waals surface area contributed by atoms with Crippen LogP contribution in [0.4, 0.5) is 14.5 Å². The summed E-state index contributed by atoms with van der Waals surface area (Å²) in [5.74, 6) is -1.53. The Labute approximate surface area is 152 Å². The third kappa shape index (κ3) is 3.83. The van der Waals surface area contributed by atoms with Gasteiger partial charge in [0.2, 0.25) is 0 Å². The van der Waals surface area contributed by atoms with Gasteiger partial charge in [-0.15, -0.1) is 0 Å². The van der Waals surface area contributed by atoms with Crippen LogP contribution >= 0.6 is 11.6 Å². The van der Waals surface area contributed by atoms with Crippen molar-refractivity contribution in [2.75, 3.05) is 5.32 Å². The third-order valence-corrected chi connectivity index (χ3v) is 3.90. The lowest BCUT2D eigenvalue weighted by Gasteiger charge is -2.09. The van der Waals surface area contributed by atoms with Gasteiger partial charge >= 0.3 is 0 Å². The third-order valence-electron chi connectivity index (χ3n) is 3.59. The van der Waals surface area contributed by atoms with E-state index in [4.69, 9.17) is 20.9 Å². The number of carbonyl (C=O) groups excluding carboxylic acids is 1. The number of hydrogen-bond acceptors (Lipinski definition) is 4. The van der Waals surface area contributed by atoms with E-state index in [1.807, 2.05) is 0 Å². The lowest BCUT2D eigenvalue weighted by molar-refractivity contribution is 0.101. The highest BCUT2D eigenvalue weighted by Gasteiger charge is 2.21. The zero-order chi connectivity index (χ0) is 18.7. The number of amides is 1. The van der Waals surface area contributed by atoms with E-state index < -0.39 is 17.5 Å². The summed E-state index contributed by atoms with van der Waals surface area (Å²) >= 11 is 6.03. The Morgan fingerprint density at radius 3 is 2.77 bits per heavy atom. The second kappa shape index (κ2) is 7.53. The molecule has 1 amide bonds. The molecule has 0 aliphatic rings. The number of para-hydroxylation sites is 1. The summed E-state index contributed by atoms with van der Waals surface area (Å²) in [6, 6.07) is 9.69. The predicted molar refractivity (Wildman–Crippen MR) is 91.3 cm³/mol. The minimum atomic E-state index is -0.896. The summed E-state index contributed by atoms with van der Waals surface area (Å²) in [7, 11) is 0. The number of benzene rings is 2. The van der Waals surface area contributed by atoms with Gasteiger partial charge in [0.05, 0.1) is 16.3 Å². The van der Waals surface area contributed by atoms with Gasteiger partial charge in [0.15, 0.2) is 5.69 Å². The predicted octanol–water partition coefficient (Wildman–Crippen LogP) is 4.75. The van der Waals surface area contributed by atoms with Gasteiger partial charge < -0.3 is 14.6 Å². The van der Waals surface area contributed by atoms with Crippen molar-refractivity contribution in [1.29, 1.82) is 0 Å². The van der Waals surface area contributed by atoms with E-state index in [1.165, 1.54) is 0 Å². The molecule has 0 aliphatic carbocycles. The number of nitrogens with one attached hydrogen (secondary N) is 1. The van der Waals surface area contributed by atoms with Crippen molar-refractivity contribution in [3.63, 3.8) is 0 Å². The van der Waals surface area contributed by atoms with E-state index in [0.717, 1.165) is 12.1 Å². The molecule has 0 atom stereocenters. The van der Waals surface area contributed by atoms with Gasteiger partial charge in [0, 0.05) is 6.07 Å². The van der Waals surface area contributed by atoms with E-state index in [1.54, 1.807) is 31.2 Å². The molecule has 0 unspecified atom stereocenters. The number of rotatable bonds is 5. The van der Waals surface area contributed by atoms with Crippen LogP contribution < -0.4 is 10.1 Å². The molecule has 3 aromatic rings. The molecule has 0 spiro atoms. The van der Waals surface area contributed by atoms with Gasteiger partial charge in [-0.1, -0.05) is 28.9 Å². The Balaban J connectivity index is 1.78. The fraction of sp³-hybridized carbons (Fsp3) is 0.111. The normalized spacial score (nSPS) is 10.6. The summed E-state index contributed by atoms with van der Waals surface area (Å²) in [5, 5.41) is 6.45. The van der Waals surface area contributed by atoms with Crippen LogP contribution in [0.2, 0.25) is 5.02 Å². The highest BCUT2D eigenvalue weighted by Crippen LogP contribution is 2.26. The molecule has 0 fully saturated rings. The van der Waals surface area contributed by atoms with Crippen LogP contribution in [0, 0.1) is 18.6 Å². The maximum absolute atomic E-state index is 13.7. The van der Waals surface area contributed by atoms with E-state index in [2.05, 4.69) is 10.5 Å². The first kappa shape index (κ1) is 17.9. The smallest absolute Gasteiger partial charge is 0.278 e. The first-order valence-electron chi connectivity index (χ1n) is 7.54. The number of hydrogen-bond donors (Lipinski definition) is 1. The first-order valence-corrected chi connectivity index (χ1v) is 7.92. The monoisotopic (exact) mass is 378 g/mol. The van der Waals surface area contributed by atoms with Crippen LogP contribution in [-0.4, -0.2) is 11.1 Å². The Hall–Kier alpha value is -2.93. The number of aromatic nitrogens is 1. The minimum Gasteiger partial charge on any atom is -0.487 e. The number of nitrogens with zero attached hydrogens (tertiary/aromatic N) is 1. The largest absolute Gasteiger partial charge is 0.487 e. The Morgan fingerprint density at radius 1 is 1.27 bits per heavy atom. The van der Waals surface area contributed by atoms with Crippen molar-refractivity contribution in [2.45, 2.75) is 13.5 Å². The number of ether oxygens (including phenoxy) is 1. The zero-order valence-electron chi connectivity index (χ0n) is 13.6. The number of anilines is 1. The molecular weight excluding hydrogens is 366 g/mol. The summed E-state index contributed by atoms with van der Waals surface area (Å²) in [6.07, 6.45) is 0. The maximum Gasteiger partial charge on any atom is 0.278 e. The van der Waals surface area contributed by atoms with Crippen molar-refractivity contribution < 1.29 is 22.8 Å². The standard InChI is InChI=1S/C18H13ClF2N2O3/c1-10-12(9-25-16-5-3-2-4-13(16)19)17(23-26-10)18(24)22-15-7-6-11(20)8-14(15)21/h2-8H,9H2,1H3,(H,22,24). The van der Waals surface area contributed by atoms with Crippen molar-refractivity contribution in [3.8, 4) is 5.75 Å².